The highest BCUT2D eigenvalue weighted by Crippen LogP contribution is 2.34. The van der Waals surface area contributed by atoms with Gasteiger partial charge in [0.25, 0.3) is 5.91 Å². The average Bonchev–Trinajstić information content (AvgIpc) is 3.50. The second-order valence-electron chi connectivity index (χ2n) is 8.23. The summed E-state index contributed by atoms with van der Waals surface area (Å²) in [5.74, 6) is 0.404. The molecule has 8 nitrogen and oxygen atoms in total. The highest BCUT2D eigenvalue weighted by molar-refractivity contribution is 6.10. The third-order valence-corrected chi connectivity index (χ3v) is 5.80. The van der Waals surface area contributed by atoms with Gasteiger partial charge in [-0.25, -0.2) is 9.67 Å². The van der Waals surface area contributed by atoms with Crippen molar-refractivity contribution in [2.24, 2.45) is 7.05 Å². The van der Waals surface area contributed by atoms with Crippen LogP contribution in [0.4, 0.5) is 13.2 Å². The van der Waals surface area contributed by atoms with Crippen molar-refractivity contribution in [1.29, 1.82) is 0 Å². The SMILES string of the molecule is CCCn1ncnc1CNC(=O)c1ccc2c(c1)c1cn(C)nc1n2-c1ccc(C(F)(F)F)cc1. The van der Waals surface area contributed by atoms with Gasteiger partial charge in [0.1, 0.15) is 12.2 Å². The van der Waals surface area contributed by atoms with Gasteiger partial charge in [0, 0.05) is 41.8 Å². The van der Waals surface area contributed by atoms with E-state index in [0.29, 0.717) is 29.3 Å². The van der Waals surface area contributed by atoms with E-state index in [0.717, 1.165) is 34.8 Å². The molecule has 3 heterocycles. The number of rotatable bonds is 6. The molecule has 35 heavy (non-hydrogen) atoms. The molecule has 5 aromatic rings. The van der Waals surface area contributed by atoms with Gasteiger partial charge in [-0.3, -0.25) is 14.0 Å². The zero-order chi connectivity index (χ0) is 24.7. The first-order chi connectivity index (χ1) is 16.8. The van der Waals surface area contributed by atoms with E-state index < -0.39 is 11.7 Å². The van der Waals surface area contributed by atoms with Gasteiger partial charge in [0.05, 0.1) is 17.6 Å². The molecule has 0 radical (unpaired) electrons. The molecule has 0 bridgehead atoms. The third-order valence-electron chi connectivity index (χ3n) is 5.80. The van der Waals surface area contributed by atoms with Crippen LogP contribution >= 0.6 is 0 Å². The van der Waals surface area contributed by atoms with Crippen molar-refractivity contribution in [3.63, 3.8) is 0 Å². The normalized spacial score (nSPS) is 12.0. The predicted molar refractivity (Wildman–Crippen MR) is 124 cm³/mol. The van der Waals surface area contributed by atoms with Gasteiger partial charge in [0.15, 0.2) is 5.65 Å². The minimum absolute atomic E-state index is 0.242. The monoisotopic (exact) mass is 481 g/mol. The maximum absolute atomic E-state index is 13.0. The summed E-state index contributed by atoms with van der Waals surface area (Å²) >= 11 is 0. The van der Waals surface area contributed by atoms with Gasteiger partial charge in [-0.15, -0.1) is 0 Å². The maximum atomic E-state index is 13.0. The summed E-state index contributed by atoms with van der Waals surface area (Å²) in [6.45, 7) is 2.99. The van der Waals surface area contributed by atoms with Gasteiger partial charge < -0.3 is 5.32 Å². The Hall–Kier alpha value is -4.15. The molecule has 0 aliphatic heterocycles. The summed E-state index contributed by atoms with van der Waals surface area (Å²) in [7, 11) is 1.77. The fourth-order valence-electron chi connectivity index (χ4n) is 4.18. The number of amides is 1. The van der Waals surface area contributed by atoms with Gasteiger partial charge in [-0.2, -0.15) is 23.4 Å². The number of hydrogen-bond donors (Lipinski definition) is 1. The fourth-order valence-corrected chi connectivity index (χ4v) is 4.18. The van der Waals surface area contributed by atoms with Crippen molar-refractivity contribution in [3.05, 3.63) is 71.9 Å². The highest BCUT2D eigenvalue weighted by atomic mass is 19.4. The molecule has 3 aromatic heterocycles. The van der Waals surface area contributed by atoms with Gasteiger partial charge in [-0.05, 0) is 48.9 Å². The Labute approximate surface area is 198 Å². The second kappa shape index (κ2) is 8.57. The van der Waals surface area contributed by atoms with E-state index in [1.807, 2.05) is 13.1 Å². The molecule has 2 aromatic carbocycles. The molecular weight excluding hydrogens is 459 g/mol. The molecule has 0 saturated carbocycles. The van der Waals surface area contributed by atoms with Gasteiger partial charge >= 0.3 is 6.18 Å². The molecule has 0 aliphatic carbocycles. The van der Waals surface area contributed by atoms with Crippen LogP contribution in [0.3, 0.4) is 0 Å². The van der Waals surface area contributed by atoms with Crippen LogP contribution in [-0.4, -0.2) is 35.0 Å². The van der Waals surface area contributed by atoms with Crippen LogP contribution in [-0.2, 0) is 26.3 Å². The summed E-state index contributed by atoms with van der Waals surface area (Å²) in [5.41, 5.74) is 1.61. The molecule has 0 spiro atoms. The standard InChI is InChI=1S/C24H22F3N7O/c1-3-10-33-21(29-14-30-33)12-28-23(35)15-4-9-20-18(11-15)19-13-32(2)31-22(19)34(20)17-7-5-16(6-8-17)24(25,26)27/h4-9,11,13-14H,3,10,12H2,1-2H3,(H,28,35). The number of nitrogens with zero attached hydrogens (tertiary/aromatic N) is 6. The Morgan fingerprint density at radius 3 is 2.57 bits per heavy atom. The van der Waals surface area contributed by atoms with Crippen LogP contribution < -0.4 is 5.32 Å². The molecule has 11 heteroatoms. The number of aromatic nitrogens is 6. The summed E-state index contributed by atoms with van der Waals surface area (Å²) in [4.78, 5) is 17.1. The summed E-state index contributed by atoms with van der Waals surface area (Å²) in [5, 5.41) is 13.1. The first kappa shape index (κ1) is 22.6. The van der Waals surface area contributed by atoms with Crippen molar-refractivity contribution in [1.82, 2.24) is 34.4 Å². The van der Waals surface area contributed by atoms with E-state index in [1.165, 1.54) is 18.5 Å². The Kier molecular flexibility index (Phi) is 5.54. The topological polar surface area (TPSA) is 82.6 Å². The molecule has 0 unspecified atom stereocenters. The number of fused-ring (bicyclic) bond motifs is 3. The van der Waals surface area contributed by atoms with Crippen LogP contribution in [0.2, 0.25) is 0 Å². The number of alkyl halides is 3. The largest absolute Gasteiger partial charge is 0.416 e. The molecule has 1 N–H and O–H groups in total. The van der Waals surface area contributed by atoms with Crippen LogP contribution in [0.25, 0.3) is 27.6 Å². The van der Waals surface area contributed by atoms with Gasteiger partial charge in [0.2, 0.25) is 0 Å². The lowest BCUT2D eigenvalue weighted by atomic mass is 10.1. The first-order valence-corrected chi connectivity index (χ1v) is 11.1. The number of hydrogen-bond acceptors (Lipinski definition) is 4. The summed E-state index contributed by atoms with van der Waals surface area (Å²) in [6, 6.07) is 10.2. The van der Waals surface area contributed by atoms with Crippen molar-refractivity contribution in [2.75, 3.05) is 0 Å². The zero-order valence-electron chi connectivity index (χ0n) is 19.0. The molecule has 0 fully saturated rings. The van der Waals surface area contributed by atoms with Crippen LogP contribution in [0.15, 0.2) is 55.0 Å². The molecule has 0 saturated heterocycles. The van der Waals surface area contributed by atoms with Crippen LogP contribution in [0.1, 0.15) is 35.1 Å². The lowest BCUT2D eigenvalue weighted by molar-refractivity contribution is -0.137. The summed E-state index contributed by atoms with van der Waals surface area (Å²) < 4.78 is 44.3. The van der Waals surface area contributed by atoms with E-state index >= 15 is 0 Å². The quantitative estimate of drug-likeness (QED) is 0.388. The Bertz CT molecular complexity index is 1530. The minimum atomic E-state index is -4.41. The number of benzene rings is 2. The number of carbonyl (C=O) groups is 1. The Morgan fingerprint density at radius 1 is 1.09 bits per heavy atom. The predicted octanol–water partition coefficient (Wildman–Crippen LogP) is 4.47. The Morgan fingerprint density at radius 2 is 1.86 bits per heavy atom. The third kappa shape index (κ3) is 4.13. The first-order valence-electron chi connectivity index (χ1n) is 11.1. The number of aryl methyl sites for hydroxylation is 2. The van der Waals surface area contributed by atoms with E-state index in [9.17, 15) is 18.0 Å². The van der Waals surface area contributed by atoms with Crippen molar-refractivity contribution >= 4 is 27.8 Å². The molecule has 0 aliphatic rings. The zero-order valence-corrected chi connectivity index (χ0v) is 19.0. The van der Waals surface area contributed by atoms with E-state index in [-0.39, 0.29) is 12.5 Å². The van der Waals surface area contributed by atoms with Crippen LogP contribution in [0.5, 0.6) is 0 Å². The fraction of sp³-hybridized carbons (Fsp3) is 0.250. The number of carbonyl (C=O) groups excluding carboxylic acids is 1. The number of halogens is 3. The van der Waals surface area contributed by atoms with E-state index in [1.54, 1.807) is 39.2 Å². The smallest absolute Gasteiger partial charge is 0.345 e. The lowest BCUT2D eigenvalue weighted by Gasteiger charge is -2.10. The minimum Gasteiger partial charge on any atom is -0.345 e. The molecule has 5 rings (SSSR count). The van der Waals surface area contributed by atoms with Crippen molar-refractivity contribution in [3.8, 4) is 5.69 Å². The lowest BCUT2D eigenvalue weighted by Crippen LogP contribution is -2.25. The van der Waals surface area contributed by atoms with E-state index in [2.05, 4.69) is 20.5 Å². The van der Waals surface area contributed by atoms with Crippen LogP contribution in [0, 0.1) is 0 Å². The summed E-state index contributed by atoms with van der Waals surface area (Å²) in [6.07, 6.45) is -0.221. The average molecular weight is 481 g/mol. The molecular formula is C24H22F3N7O. The van der Waals surface area contributed by atoms with Crippen molar-refractivity contribution < 1.29 is 18.0 Å². The molecule has 1 amide bonds. The maximum Gasteiger partial charge on any atom is 0.416 e. The Balaban J connectivity index is 1.50. The van der Waals surface area contributed by atoms with Gasteiger partial charge in [-0.1, -0.05) is 6.92 Å². The second-order valence-corrected chi connectivity index (χ2v) is 8.23. The van der Waals surface area contributed by atoms with E-state index in [4.69, 9.17) is 0 Å². The molecule has 0 atom stereocenters. The number of nitrogens with one attached hydrogen (secondary N) is 1. The highest BCUT2D eigenvalue weighted by Gasteiger charge is 2.30. The van der Waals surface area contributed by atoms with Crippen molar-refractivity contribution in [2.45, 2.75) is 32.6 Å². The molecule has 180 valence electrons.